The zero-order valence-corrected chi connectivity index (χ0v) is 18.9. The van der Waals surface area contributed by atoms with Crippen LogP contribution >= 0.6 is 0 Å². The molecule has 1 aliphatic heterocycles. The lowest BCUT2D eigenvalue weighted by Gasteiger charge is -2.18. The largest absolute Gasteiger partial charge is 0.480 e. The van der Waals surface area contributed by atoms with Crippen LogP contribution in [0.4, 0.5) is 5.82 Å². The van der Waals surface area contributed by atoms with Crippen molar-refractivity contribution in [3.63, 3.8) is 0 Å². The van der Waals surface area contributed by atoms with Gasteiger partial charge in [0.2, 0.25) is 11.8 Å². The summed E-state index contributed by atoms with van der Waals surface area (Å²) in [4.78, 5) is 24.0. The molecule has 0 atom stereocenters. The summed E-state index contributed by atoms with van der Waals surface area (Å²) >= 11 is 0. The average molecular weight is 440 g/mol. The number of rotatable bonds is 6. The van der Waals surface area contributed by atoms with Crippen LogP contribution in [0.1, 0.15) is 36.5 Å². The maximum Gasteiger partial charge on any atom is 0.233 e. The highest BCUT2D eigenvalue weighted by atomic mass is 16.5. The van der Waals surface area contributed by atoms with E-state index in [2.05, 4.69) is 30.0 Å². The maximum atomic E-state index is 12.8. The summed E-state index contributed by atoms with van der Waals surface area (Å²) in [7, 11) is 1.59. The van der Waals surface area contributed by atoms with Gasteiger partial charge in [-0.15, -0.1) is 5.10 Å². The Balaban J connectivity index is 1.42. The van der Waals surface area contributed by atoms with Gasteiger partial charge in [0.1, 0.15) is 5.82 Å². The molecular formula is C26H25N5O2. The number of carbonyl (C=O) groups excluding carboxylic acids is 1. The average Bonchev–Trinajstić information content (AvgIpc) is 3.44. The molecule has 0 bridgehead atoms. The van der Waals surface area contributed by atoms with Gasteiger partial charge in [0, 0.05) is 29.6 Å². The minimum Gasteiger partial charge on any atom is -0.480 e. The molecule has 7 heteroatoms. The van der Waals surface area contributed by atoms with Crippen molar-refractivity contribution < 1.29 is 9.53 Å². The molecule has 1 amide bonds. The Morgan fingerprint density at radius 2 is 1.85 bits per heavy atom. The van der Waals surface area contributed by atoms with E-state index >= 15 is 0 Å². The SMILES string of the molecule is COc1ccn(-c2ccc(CN3C(=O)Cc4cnc(-c5ccccc5C(C)C)nc43)cc2)n1. The number of benzene rings is 2. The Morgan fingerprint density at radius 1 is 1.06 bits per heavy atom. The third kappa shape index (κ3) is 3.98. The van der Waals surface area contributed by atoms with Crippen molar-refractivity contribution >= 4 is 11.7 Å². The van der Waals surface area contributed by atoms with Gasteiger partial charge in [-0.2, -0.15) is 0 Å². The van der Waals surface area contributed by atoms with Crippen LogP contribution in [-0.2, 0) is 17.8 Å². The molecule has 0 unspecified atom stereocenters. The second-order valence-corrected chi connectivity index (χ2v) is 8.41. The highest BCUT2D eigenvalue weighted by molar-refractivity contribution is 6.00. The first kappa shape index (κ1) is 20.9. The molecule has 3 heterocycles. The van der Waals surface area contributed by atoms with Crippen molar-refractivity contribution in [3.05, 3.63) is 83.7 Å². The molecule has 0 spiro atoms. The lowest BCUT2D eigenvalue weighted by atomic mass is 9.97. The lowest BCUT2D eigenvalue weighted by Crippen LogP contribution is -2.26. The van der Waals surface area contributed by atoms with Crippen LogP contribution < -0.4 is 9.64 Å². The second kappa shape index (κ2) is 8.50. The number of fused-ring (bicyclic) bond motifs is 1. The number of aromatic nitrogens is 4. The van der Waals surface area contributed by atoms with Crippen LogP contribution in [0.25, 0.3) is 17.1 Å². The molecule has 0 saturated heterocycles. The van der Waals surface area contributed by atoms with Gasteiger partial charge in [-0.3, -0.25) is 9.69 Å². The Hall–Kier alpha value is -4.00. The van der Waals surface area contributed by atoms with Crippen molar-refractivity contribution in [3.8, 4) is 23.0 Å². The molecule has 0 saturated carbocycles. The van der Waals surface area contributed by atoms with Gasteiger partial charge >= 0.3 is 0 Å². The Labute approximate surface area is 192 Å². The van der Waals surface area contributed by atoms with E-state index in [-0.39, 0.29) is 5.91 Å². The van der Waals surface area contributed by atoms with Crippen LogP contribution in [0, 0.1) is 0 Å². The van der Waals surface area contributed by atoms with Gasteiger partial charge in [0.05, 0.1) is 25.8 Å². The van der Waals surface area contributed by atoms with Gasteiger partial charge in [-0.1, -0.05) is 50.2 Å². The third-order valence-corrected chi connectivity index (χ3v) is 5.88. The standard InChI is InChI=1S/C26H25N5O2/c1-17(2)21-6-4-5-7-22(21)25-27-15-19-14-24(32)30(26(19)28-25)16-18-8-10-20(11-9-18)31-13-12-23(29-31)33-3/h4-13,15,17H,14,16H2,1-3H3. The number of amides is 1. The molecule has 0 N–H and O–H groups in total. The minimum atomic E-state index is 0.0366. The van der Waals surface area contributed by atoms with Crippen LogP contribution in [-0.4, -0.2) is 32.8 Å². The smallest absolute Gasteiger partial charge is 0.233 e. The summed E-state index contributed by atoms with van der Waals surface area (Å²) in [6.07, 6.45) is 3.97. The molecule has 0 radical (unpaired) electrons. The number of ether oxygens (including phenoxy) is 1. The fourth-order valence-electron chi connectivity index (χ4n) is 4.13. The van der Waals surface area contributed by atoms with Crippen molar-refractivity contribution in [2.45, 2.75) is 32.7 Å². The van der Waals surface area contributed by atoms with E-state index in [1.807, 2.05) is 54.7 Å². The quantitative estimate of drug-likeness (QED) is 0.441. The fraction of sp³-hybridized carbons (Fsp3) is 0.231. The number of nitrogens with zero attached hydrogens (tertiary/aromatic N) is 5. The highest BCUT2D eigenvalue weighted by Crippen LogP contribution is 2.32. The molecule has 4 aromatic rings. The van der Waals surface area contributed by atoms with Crippen molar-refractivity contribution in [2.75, 3.05) is 12.0 Å². The van der Waals surface area contributed by atoms with E-state index in [4.69, 9.17) is 9.72 Å². The van der Waals surface area contributed by atoms with E-state index in [9.17, 15) is 4.79 Å². The van der Waals surface area contributed by atoms with Crippen LogP contribution in [0.5, 0.6) is 5.88 Å². The number of methoxy groups -OCH3 is 1. The summed E-state index contributed by atoms with van der Waals surface area (Å²) in [6, 6.07) is 18.0. The van der Waals surface area contributed by atoms with Gasteiger partial charge in [-0.25, -0.2) is 14.6 Å². The fourth-order valence-corrected chi connectivity index (χ4v) is 4.13. The summed E-state index contributed by atoms with van der Waals surface area (Å²) in [5.41, 5.74) is 5.01. The monoisotopic (exact) mass is 439 g/mol. The molecule has 7 nitrogen and oxygen atoms in total. The summed E-state index contributed by atoms with van der Waals surface area (Å²) in [5, 5.41) is 4.34. The van der Waals surface area contributed by atoms with E-state index in [1.54, 1.807) is 22.9 Å². The third-order valence-electron chi connectivity index (χ3n) is 5.88. The lowest BCUT2D eigenvalue weighted by molar-refractivity contribution is -0.117. The topological polar surface area (TPSA) is 73.1 Å². The summed E-state index contributed by atoms with van der Waals surface area (Å²) in [6.45, 7) is 4.77. The first-order valence-corrected chi connectivity index (χ1v) is 11.0. The van der Waals surface area contributed by atoms with E-state index in [0.717, 1.165) is 22.4 Å². The van der Waals surface area contributed by atoms with Gasteiger partial charge in [0.15, 0.2) is 5.82 Å². The molecule has 0 fully saturated rings. The number of anilines is 1. The minimum absolute atomic E-state index is 0.0366. The van der Waals surface area contributed by atoms with Crippen molar-refractivity contribution in [1.29, 1.82) is 0 Å². The summed E-state index contributed by atoms with van der Waals surface area (Å²) in [5.74, 6) is 2.30. The predicted molar refractivity (Wildman–Crippen MR) is 127 cm³/mol. The number of carbonyl (C=O) groups is 1. The number of hydrogen-bond donors (Lipinski definition) is 0. The Kier molecular flexibility index (Phi) is 5.38. The maximum absolute atomic E-state index is 12.8. The van der Waals surface area contributed by atoms with Gasteiger partial charge in [-0.05, 0) is 29.2 Å². The first-order chi connectivity index (χ1) is 16.0. The summed E-state index contributed by atoms with van der Waals surface area (Å²) < 4.78 is 6.90. The van der Waals surface area contributed by atoms with Gasteiger partial charge in [0.25, 0.3) is 0 Å². The zero-order valence-electron chi connectivity index (χ0n) is 18.9. The first-order valence-electron chi connectivity index (χ1n) is 11.0. The normalized spacial score (nSPS) is 13.0. The Morgan fingerprint density at radius 3 is 2.58 bits per heavy atom. The second-order valence-electron chi connectivity index (χ2n) is 8.41. The molecule has 0 aliphatic carbocycles. The van der Waals surface area contributed by atoms with Crippen LogP contribution in [0.3, 0.4) is 0 Å². The van der Waals surface area contributed by atoms with Crippen LogP contribution in [0.2, 0.25) is 0 Å². The highest BCUT2D eigenvalue weighted by Gasteiger charge is 2.30. The molecule has 2 aromatic heterocycles. The van der Waals surface area contributed by atoms with Crippen molar-refractivity contribution in [2.24, 2.45) is 0 Å². The molecular weight excluding hydrogens is 414 g/mol. The van der Waals surface area contributed by atoms with Crippen molar-refractivity contribution in [1.82, 2.24) is 19.7 Å². The van der Waals surface area contributed by atoms with Gasteiger partial charge < -0.3 is 4.74 Å². The van der Waals surface area contributed by atoms with E-state index in [0.29, 0.717) is 36.4 Å². The number of hydrogen-bond acceptors (Lipinski definition) is 5. The molecule has 1 aliphatic rings. The van der Waals surface area contributed by atoms with E-state index < -0.39 is 0 Å². The zero-order chi connectivity index (χ0) is 22.9. The van der Waals surface area contributed by atoms with E-state index in [1.165, 1.54) is 5.56 Å². The predicted octanol–water partition coefficient (Wildman–Crippen LogP) is 4.55. The Bertz CT molecular complexity index is 1310. The molecule has 33 heavy (non-hydrogen) atoms. The van der Waals surface area contributed by atoms with Crippen LogP contribution in [0.15, 0.2) is 67.0 Å². The molecule has 2 aromatic carbocycles. The molecule has 5 rings (SSSR count). The molecule has 166 valence electrons.